The van der Waals surface area contributed by atoms with Gasteiger partial charge in [-0.05, 0) is 6.42 Å². The van der Waals surface area contributed by atoms with Crippen molar-refractivity contribution in [2.45, 2.75) is 12.5 Å². The molecule has 0 aliphatic heterocycles. The molecule has 0 saturated carbocycles. The first-order valence-corrected chi connectivity index (χ1v) is 4.87. The molecule has 0 aromatic heterocycles. The Hall–Kier alpha value is -0.260. The zero-order chi connectivity index (χ0) is 9.40. The molecule has 12 heavy (non-hydrogen) atoms. The molecule has 0 spiro atoms. The van der Waals surface area contributed by atoms with Gasteiger partial charge in [0, 0.05) is 18.4 Å². The van der Waals surface area contributed by atoms with Crippen molar-refractivity contribution in [1.82, 2.24) is 0 Å². The van der Waals surface area contributed by atoms with Gasteiger partial charge in [-0.25, -0.2) is 0 Å². The van der Waals surface area contributed by atoms with Crippen LogP contribution in [0.15, 0.2) is 0 Å². The molecule has 1 atom stereocenters. The molecule has 0 heterocycles. The Kier molecular flexibility index (Phi) is 7.23. The van der Waals surface area contributed by atoms with Crippen LogP contribution in [-0.2, 0) is 9.53 Å². The van der Waals surface area contributed by atoms with Gasteiger partial charge >= 0.3 is 5.97 Å². The van der Waals surface area contributed by atoms with E-state index in [1.54, 1.807) is 0 Å². The molecule has 0 radical (unpaired) electrons. The molecule has 4 nitrogen and oxygen atoms in total. The van der Waals surface area contributed by atoms with Gasteiger partial charge in [0.15, 0.2) is 0 Å². The van der Waals surface area contributed by atoms with Crippen molar-refractivity contribution in [3.05, 3.63) is 0 Å². The summed E-state index contributed by atoms with van der Waals surface area (Å²) in [5.41, 5.74) is 5.58. The van der Waals surface area contributed by atoms with Crippen LogP contribution in [0.5, 0.6) is 0 Å². The van der Waals surface area contributed by atoms with Gasteiger partial charge in [-0.3, -0.25) is 4.79 Å². The average Bonchev–Trinajstić information content (AvgIpc) is 2.04. The number of esters is 1. The van der Waals surface area contributed by atoms with Gasteiger partial charge in [0.2, 0.25) is 0 Å². The second-order valence-electron chi connectivity index (χ2n) is 2.36. The van der Waals surface area contributed by atoms with Crippen LogP contribution < -0.4 is 5.73 Å². The number of carbonyl (C=O) groups is 1. The van der Waals surface area contributed by atoms with Gasteiger partial charge in [-0.15, -0.1) is 11.8 Å². The van der Waals surface area contributed by atoms with Crippen molar-refractivity contribution in [1.29, 1.82) is 0 Å². The van der Waals surface area contributed by atoms with E-state index in [9.17, 15) is 4.79 Å². The molecular formula is C7H15NO3S. The van der Waals surface area contributed by atoms with Gasteiger partial charge in [-0.2, -0.15) is 0 Å². The number of aliphatic hydroxyl groups is 1. The minimum atomic E-state index is -0.240. The monoisotopic (exact) mass is 193 g/mol. The number of methoxy groups -OCH3 is 1. The lowest BCUT2D eigenvalue weighted by atomic mass is 10.3. The van der Waals surface area contributed by atoms with E-state index in [0.29, 0.717) is 17.9 Å². The molecular weight excluding hydrogens is 178 g/mol. The third kappa shape index (κ3) is 6.45. The Bertz CT molecular complexity index is 132. The van der Waals surface area contributed by atoms with Gasteiger partial charge in [0.05, 0.1) is 12.9 Å². The van der Waals surface area contributed by atoms with Crippen LogP contribution in [-0.4, -0.2) is 42.3 Å². The number of ether oxygens (including phenoxy) is 1. The lowest BCUT2D eigenvalue weighted by Crippen LogP contribution is -2.24. The highest BCUT2D eigenvalue weighted by atomic mass is 32.2. The van der Waals surface area contributed by atoms with Crippen LogP contribution in [0.2, 0.25) is 0 Å². The third-order valence-corrected chi connectivity index (χ3v) is 2.38. The van der Waals surface area contributed by atoms with Gasteiger partial charge in [-0.1, -0.05) is 0 Å². The molecule has 0 bridgehead atoms. The number of nitrogens with two attached hydrogens (primary N) is 1. The van der Waals surface area contributed by atoms with Crippen molar-refractivity contribution in [3.63, 3.8) is 0 Å². The number of carbonyl (C=O) groups excluding carboxylic acids is 1. The van der Waals surface area contributed by atoms with Crippen molar-refractivity contribution in [3.8, 4) is 0 Å². The molecule has 5 heteroatoms. The van der Waals surface area contributed by atoms with Gasteiger partial charge < -0.3 is 15.6 Å². The maximum Gasteiger partial charge on any atom is 0.315 e. The quantitative estimate of drug-likeness (QED) is 0.562. The largest absolute Gasteiger partial charge is 0.468 e. The fourth-order valence-electron chi connectivity index (χ4n) is 0.602. The highest BCUT2D eigenvalue weighted by Crippen LogP contribution is 2.03. The van der Waals surface area contributed by atoms with Crippen molar-refractivity contribution in [2.24, 2.45) is 5.73 Å². The van der Waals surface area contributed by atoms with E-state index in [1.807, 2.05) is 0 Å². The third-order valence-electron chi connectivity index (χ3n) is 1.28. The Morgan fingerprint density at radius 3 is 2.92 bits per heavy atom. The second-order valence-corrected chi connectivity index (χ2v) is 3.39. The first kappa shape index (κ1) is 11.7. The van der Waals surface area contributed by atoms with E-state index < -0.39 is 0 Å². The van der Waals surface area contributed by atoms with E-state index in [1.165, 1.54) is 18.9 Å². The molecule has 0 amide bonds. The lowest BCUT2D eigenvalue weighted by molar-refractivity contribution is -0.137. The number of thioether (sulfide) groups is 1. The molecule has 0 aromatic carbocycles. The van der Waals surface area contributed by atoms with Crippen LogP contribution in [0.4, 0.5) is 0 Å². The molecule has 1 unspecified atom stereocenters. The molecule has 0 rings (SSSR count). The minimum absolute atomic E-state index is 0.0374. The molecule has 72 valence electrons. The summed E-state index contributed by atoms with van der Waals surface area (Å²) in [6.45, 7) is 0.0972. The Morgan fingerprint density at radius 2 is 2.42 bits per heavy atom. The zero-order valence-electron chi connectivity index (χ0n) is 7.16. The molecule has 0 fully saturated rings. The predicted molar refractivity (Wildman–Crippen MR) is 49.0 cm³/mol. The van der Waals surface area contributed by atoms with Crippen molar-refractivity contribution in [2.75, 3.05) is 25.2 Å². The number of aliphatic hydroxyl groups excluding tert-OH is 1. The normalized spacial score (nSPS) is 12.6. The molecule has 0 aliphatic carbocycles. The van der Waals surface area contributed by atoms with Crippen LogP contribution >= 0.6 is 11.8 Å². The molecule has 3 N–H and O–H groups in total. The molecule has 0 aromatic rings. The van der Waals surface area contributed by atoms with E-state index >= 15 is 0 Å². The Balaban J connectivity index is 3.24. The van der Waals surface area contributed by atoms with E-state index in [2.05, 4.69) is 4.74 Å². The summed E-state index contributed by atoms with van der Waals surface area (Å²) in [4.78, 5) is 10.6. The maximum absolute atomic E-state index is 10.6. The molecule has 0 aliphatic rings. The topological polar surface area (TPSA) is 72.5 Å². The standard InChI is InChI=1S/C7H15NO3S/c1-11-7(10)5-12-4-6(8)2-3-9/h6,9H,2-5,8H2,1H3. The summed E-state index contributed by atoms with van der Waals surface area (Å²) in [6.07, 6.45) is 0.578. The first-order chi connectivity index (χ1) is 5.70. The summed E-state index contributed by atoms with van der Waals surface area (Å²) in [5.74, 6) is 0.766. The predicted octanol–water partition coefficient (Wildman–Crippen LogP) is -0.398. The summed E-state index contributed by atoms with van der Waals surface area (Å²) in [7, 11) is 1.36. The maximum atomic E-state index is 10.6. The van der Waals surface area contributed by atoms with E-state index in [-0.39, 0.29) is 18.6 Å². The Labute approximate surface area is 76.5 Å². The Morgan fingerprint density at radius 1 is 1.75 bits per heavy atom. The van der Waals surface area contributed by atoms with E-state index in [4.69, 9.17) is 10.8 Å². The highest BCUT2D eigenvalue weighted by Gasteiger charge is 2.04. The summed E-state index contributed by atoms with van der Waals surface area (Å²) >= 11 is 1.42. The number of hydrogen-bond acceptors (Lipinski definition) is 5. The SMILES string of the molecule is COC(=O)CSCC(N)CCO. The average molecular weight is 193 g/mol. The van der Waals surface area contributed by atoms with Gasteiger partial charge in [0.1, 0.15) is 0 Å². The summed E-state index contributed by atoms with van der Waals surface area (Å²) in [5, 5.41) is 8.51. The van der Waals surface area contributed by atoms with E-state index in [0.717, 1.165) is 0 Å². The van der Waals surface area contributed by atoms with Crippen LogP contribution in [0.25, 0.3) is 0 Å². The number of rotatable bonds is 6. The fourth-order valence-corrected chi connectivity index (χ4v) is 1.47. The zero-order valence-corrected chi connectivity index (χ0v) is 7.97. The van der Waals surface area contributed by atoms with Crippen LogP contribution in [0.1, 0.15) is 6.42 Å². The van der Waals surface area contributed by atoms with Crippen LogP contribution in [0.3, 0.4) is 0 Å². The highest BCUT2D eigenvalue weighted by molar-refractivity contribution is 7.99. The fraction of sp³-hybridized carbons (Fsp3) is 0.857. The lowest BCUT2D eigenvalue weighted by Gasteiger charge is -2.07. The minimum Gasteiger partial charge on any atom is -0.468 e. The summed E-state index contributed by atoms with van der Waals surface area (Å²) < 4.78 is 4.44. The number of hydrogen-bond donors (Lipinski definition) is 2. The summed E-state index contributed by atoms with van der Waals surface area (Å²) in [6, 6.07) is -0.0374. The van der Waals surface area contributed by atoms with Crippen molar-refractivity contribution >= 4 is 17.7 Å². The smallest absolute Gasteiger partial charge is 0.315 e. The van der Waals surface area contributed by atoms with Gasteiger partial charge in [0.25, 0.3) is 0 Å². The second kappa shape index (κ2) is 7.39. The van der Waals surface area contributed by atoms with Crippen molar-refractivity contribution < 1.29 is 14.6 Å². The first-order valence-electron chi connectivity index (χ1n) is 3.71. The molecule has 0 saturated heterocycles. The van der Waals surface area contributed by atoms with Crippen LogP contribution in [0, 0.1) is 0 Å².